The Morgan fingerprint density at radius 1 is 0.786 bits per heavy atom. The second-order valence-corrected chi connectivity index (χ2v) is 7.64. The predicted molar refractivity (Wildman–Crippen MR) is 116 cm³/mol. The lowest BCUT2D eigenvalue weighted by Gasteiger charge is -2.11. The summed E-state index contributed by atoms with van der Waals surface area (Å²) in [4.78, 5) is 12.5. The highest BCUT2D eigenvalue weighted by Gasteiger charge is 2.18. The SMILES string of the molecule is CCCCCCCCCCCCCCCC(=O)c1c(O)cc(OC)cc1OC. The lowest BCUT2D eigenvalue weighted by Crippen LogP contribution is -2.03. The molecule has 1 aromatic rings. The number of carbonyl (C=O) groups excluding carboxylic acids is 1. The molecule has 0 heterocycles. The highest BCUT2D eigenvalue weighted by molar-refractivity contribution is 6.01. The number of ether oxygens (including phenoxy) is 2. The van der Waals surface area contributed by atoms with Crippen molar-refractivity contribution in [3.8, 4) is 17.2 Å². The van der Waals surface area contributed by atoms with Crippen molar-refractivity contribution in [1.82, 2.24) is 0 Å². The maximum atomic E-state index is 12.5. The minimum absolute atomic E-state index is 0.0694. The topological polar surface area (TPSA) is 55.8 Å². The van der Waals surface area contributed by atoms with Crippen molar-refractivity contribution < 1.29 is 19.4 Å². The number of ketones is 1. The minimum Gasteiger partial charge on any atom is -0.507 e. The Kier molecular flexibility index (Phi) is 13.2. The fraction of sp³-hybridized carbons (Fsp3) is 0.708. The van der Waals surface area contributed by atoms with Crippen LogP contribution in [0.5, 0.6) is 17.2 Å². The number of unbranched alkanes of at least 4 members (excludes halogenated alkanes) is 12. The first-order valence-electron chi connectivity index (χ1n) is 11.1. The number of hydrogen-bond donors (Lipinski definition) is 1. The van der Waals surface area contributed by atoms with Crippen LogP contribution in [0.25, 0.3) is 0 Å². The molecule has 0 fully saturated rings. The molecule has 0 atom stereocenters. The fourth-order valence-corrected chi connectivity index (χ4v) is 3.56. The van der Waals surface area contributed by atoms with Crippen LogP contribution in [-0.4, -0.2) is 25.1 Å². The van der Waals surface area contributed by atoms with Gasteiger partial charge in [-0.25, -0.2) is 0 Å². The van der Waals surface area contributed by atoms with Gasteiger partial charge < -0.3 is 14.6 Å². The Morgan fingerprint density at radius 3 is 1.75 bits per heavy atom. The van der Waals surface area contributed by atoms with Crippen LogP contribution in [0.15, 0.2) is 12.1 Å². The Labute approximate surface area is 171 Å². The van der Waals surface area contributed by atoms with Gasteiger partial charge in [0.1, 0.15) is 22.8 Å². The van der Waals surface area contributed by atoms with Gasteiger partial charge in [-0.1, -0.05) is 84.0 Å². The molecule has 0 aliphatic heterocycles. The van der Waals surface area contributed by atoms with Crippen LogP contribution in [0.1, 0.15) is 107 Å². The Hall–Kier alpha value is -1.71. The molecule has 0 unspecified atom stereocenters. The third-order valence-electron chi connectivity index (χ3n) is 5.30. The lowest BCUT2D eigenvalue weighted by molar-refractivity contribution is 0.0973. The zero-order chi connectivity index (χ0) is 20.6. The molecule has 0 aliphatic carbocycles. The largest absolute Gasteiger partial charge is 0.507 e. The summed E-state index contributed by atoms with van der Waals surface area (Å²) >= 11 is 0. The molecule has 1 aromatic carbocycles. The number of hydrogen-bond acceptors (Lipinski definition) is 4. The van der Waals surface area contributed by atoms with Gasteiger partial charge in [-0.15, -0.1) is 0 Å². The van der Waals surface area contributed by atoms with Gasteiger partial charge in [-0.05, 0) is 6.42 Å². The standard InChI is InChI=1S/C24H40O4/c1-4-5-6-7-8-9-10-11-12-13-14-15-16-17-21(25)24-22(26)18-20(27-2)19-23(24)28-3/h18-19,26H,4-17H2,1-3H3. The summed E-state index contributed by atoms with van der Waals surface area (Å²) in [6, 6.07) is 3.09. The average Bonchev–Trinajstić information content (AvgIpc) is 2.70. The molecule has 0 spiro atoms. The van der Waals surface area contributed by atoms with Crippen LogP contribution < -0.4 is 9.47 Å². The van der Waals surface area contributed by atoms with Crippen molar-refractivity contribution in [3.63, 3.8) is 0 Å². The van der Waals surface area contributed by atoms with E-state index in [1.807, 2.05) is 0 Å². The van der Waals surface area contributed by atoms with Crippen molar-refractivity contribution in [3.05, 3.63) is 17.7 Å². The number of Topliss-reactive ketones (excluding diaryl/α,β-unsaturated/α-hetero) is 1. The van der Waals surface area contributed by atoms with Crippen molar-refractivity contribution >= 4 is 5.78 Å². The summed E-state index contributed by atoms with van der Waals surface area (Å²) in [5, 5.41) is 10.1. The van der Waals surface area contributed by atoms with Gasteiger partial charge in [-0.2, -0.15) is 0 Å². The number of methoxy groups -OCH3 is 2. The summed E-state index contributed by atoms with van der Waals surface area (Å²) in [5.74, 6) is 0.708. The number of aromatic hydroxyl groups is 1. The van der Waals surface area contributed by atoms with Gasteiger partial charge >= 0.3 is 0 Å². The summed E-state index contributed by atoms with van der Waals surface area (Å²) in [6.07, 6.45) is 17.0. The van der Waals surface area contributed by atoms with E-state index in [1.165, 1.54) is 90.9 Å². The fourth-order valence-electron chi connectivity index (χ4n) is 3.56. The molecule has 0 radical (unpaired) electrons. The molecule has 4 nitrogen and oxygen atoms in total. The van der Waals surface area contributed by atoms with E-state index in [0.29, 0.717) is 17.9 Å². The molecule has 0 bridgehead atoms. The van der Waals surface area contributed by atoms with E-state index >= 15 is 0 Å². The zero-order valence-corrected chi connectivity index (χ0v) is 18.2. The molecule has 1 rings (SSSR count). The molecule has 0 aromatic heterocycles. The normalized spacial score (nSPS) is 10.8. The second kappa shape index (κ2) is 15.2. The molecular formula is C24H40O4. The maximum Gasteiger partial charge on any atom is 0.170 e. The summed E-state index contributed by atoms with van der Waals surface area (Å²) in [7, 11) is 3.01. The van der Waals surface area contributed by atoms with Gasteiger partial charge in [0.2, 0.25) is 0 Å². The van der Waals surface area contributed by atoms with E-state index in [2.05, 4.69) is 6.92 Å². The molecule has 0 saturated heterocycles. The quantitative estimate of drug-likeness (QED) is 0.227. The van der Waals surface area contributed by atoms with E-state index in [1.54, 1.807) is 6.07 Å². The van der Waals surface area contributed by atoms with E-state index in [-0.39, 0.29) is 17.1 Å². The molecule has 160 valence electrons. The van der Waals surface area contributed by atoms with Gasteiger partial charge in [0.15, 0.2) is 5.78 Å². The third kappa shape index (κ3) is 9.48. The maximum absolute atomic E-state index is 12.5. The molecule has 0 aliphatic rings. The zero-order valence-electron chi connectivity index (χ0n) is 18.2. The number of rotatable bonds is 17. The van der Waals surface area contributed by atoms with Crippen molar-refractivity contribution in [2.24, 2.45) is 0 Å². The highest BCUT2D eigenvalue weighted by atomic mass is 16.5. The molecular weight excluding hydrogens is 352 g/mol. The van der Waals surface area contributed by atoms with Gasteiger partial charge in [0.05, 0.1) is 14.2 Å². The number of benzene rings is 1. The number of carbonyl (C=O) groups is 1. The average molecular weight is 393 g/mol. The minimum atomic E-state index is -0.0732. The van der Waals surface area contributed by atoms with E-state index in [9.17, 15) is 9.90 Å². The number of phenols is 1. The van der Waals surface area contributed by atoms with Crippen LogP contribution in [0.3, 0.4) is 0 Å². The monoisotopic (exact) mass is 392 g/mol. The Balaban J connectivity index is 2.13. The summed E-state index contributed by atoms with van der Waals surface area (Å²) in [6.45, 7) is 2.26. The first-order chi connectivity index (χ1) is 13.6. The van der Waals surface area contributed by atoms with Crippen LogP contribution in [0.4, 0.5) is 0 Å². The Morgan fingerprint density at radius 2 is 1.29 bits per heavy atom. The van der Waals surface area contributed by atoms with E-state index < -0.39 is 0 Å². The van der Waals surface area contributed by atoms with Crippen LogP contribution in [0.2, 0.25) is 0 Å². The molecule has 0 saturated carbocycles. The second-order valence-electron chi connectivity index (χ2n) is 7.64. The predicted octanol–water partition coefficient (Wildman–Crippen LogP) is 7.07. The van der Waals surface area contributed by atoms with Crippen LogP contribution in [-0.2, 0) is 0 Å². The van der Waals surface area contributed by atoms with Gasteiger partial charge in [0.25, 0.3) is 0 Å². The first-order valence-corrected chi connectivity index (χ1v) is 11.1. The smallest absolute Gasteiger partial charge is 0.170 e. The van der Waals surface area contributed by atoms with Crippen molar-refractivity contribution in [2.45, 2.75) is 96.8 Å². The number of phenolic OH excluding ortho intramolecular Hbond substituents is 1. The van der Waals surface area contributed by atoms with Gasteiger partial charge in [0, 0.05) is 18.6 Å². The molecule has 1 N–H and O–H groups in total. The molecule has 28 heavy (non-hydrogen) atoms. The molecule has 4 heteroatoms. The van der Waals surface area contributed by atoms with Crippen LogP contribution >= 0.6 is 0 Å². The third-order valence-corrected chi connectivity index (χ3v) is 5.30. The van der Waals surface area contributed by atoms with Crippen molar-refractivity contribution in [2.75, 3.05) is 14.2 Å². The summed E-state index contributed by atoms with van der Waals surface area (Å²) < 4.78 is 10.4. The molecule has 0 amide bonds. The van der Waals surface area contributed by atoms with E-state index in [4.69, 9.17) is 9.47 Å². The Bertz CT molecular complexity index is 554. The van der Waals surface area contributed by atoms with Crippen molar-refractivity contribution in [1.29, 1.82) is 0 Å². The highest BCUT2D eigenvalue weighted by Crippen LogP contribution is 2.34. The lowest BCUT2D eigenvalue weighted by atomic mass is 10.0. The van der Waals surface area contributed by atoms with Crippen LogP contribution in [0, 0.1) is 0 Å². The van der Waals surface area contributed by atoms with E-state index in [0.717, 1.165) is 12.8 Å². The van der Waals surface area contributed by atoms with Gasteiger partial charge in [-0.3, -0.25) is 4.79 Å². The first kappa shape index (κ1) is 24.3. The summed E-state index contributed by atoms with van der Waals surface area (Å²) in [5.41, 5.74) is 0.266.